The lowest BCUT2D eigenvalue weighted by molar-refractivity contribution is -0.119. The number of anilines is 1. The van der Waals surface area contributed by atoms with Gasteiger partial charge >= 0.3 is 0 Å². The maximum Gasteiger partial charge on any atom is 0.259 e. The Hall–Kier alpha value is -3.38. The molecule has 0 aliphatic carbocycles. The van der Waals surface area contributed by atoms with Gasteiger partial charge in [0.15, 0.2) is 0 Å². The first-order valence-electron chi connectivity index (χ1n) is 8.87. The molecule has 0 unspecified atom stereocenters. The second-order valence-corrected chi connectivity index (χ2v) is 6.58. The largest absolute Gasteiger partial charge is 0.489 e. The summed E-state index contributed by atoms with van der Waals surface area (Å²) >= 11 is 5.87. The van der Waals surface area contributed by atoms with Gasteiger partial charge < -0.3 is 10.1 Å². The van der Waals surface area contributed by atoms with E-state index in [0.29, 0.717) is 23.1 Å². The van der Waals surface area contributed by atoms with E-state index in [1.165, 1.54) is 18.3 Å². The van der Waals surface area contributed by atoms with E-state index in [9.17, 15) is 9.18 Å². The summed E-state index contributed by atoms with van der Waals surface area (Å²) in [6.45, 7) is 0.441. The van der Waals surface area contributed by atoms with E-state index in [4.69, 9.17) is 16.3 Å². The number of hydrogen-bond acceptors (Lipinski definition) is 4. The smallest absolute Gasteiger partial charge is 0.259 e. The molecule has 5 nitrogen and oxygen atoms in total. The van der Waals surface area contributed by atoms with Gasteiger partial charge in [-0.25, -0.2) is 9.82 Å². The fourth-order valence-electron chi connectivity index (χ4n) is 2.40. The first-order valence-corrected chi connectivity index (χ1v) is 9.25. The average Bonchev–Trinajstić information content (AvgIpc) is 2.73. The van der Waals surface area contributed by atoms with Crippen molar-refractivity contribution in [1.82, 2.24) is 5.43 Å². The van der Waals surface area contributed by atoms with Crippen molar-refractivity contribution in [1.29, 1.82) is 0 Å². The summed E-state index contributed by atoms with van der Waals surface area (Å²) in [5, 5.41) is 7.51. The van der Waals surface area contributed by atoms with Crippen LogP contribution in [0.1, 0.15) is 11.1 Å². The molecule has 0 aromatic heterocycles. The topological polar surface area (TPSA) is 62.7 Å². The van der Waals surface area contributed by atoms with Crippen LogP contribution in [0.5, 0.6) is 5.75 Å². The van der Waals surface area contributed by atoms with Gasteiger partial charge in [-0.15, -0.1) is 0 Å². The minimum absolute atomic E-state index is 0.0210. The van der Waals surface area contributed by atoms with Crippen LogP contribution in [0, 0.1) is 5.82 Å². The summed E-state index contributed by atoms with van der Waals surface area (Å²) in [4.78, 5) is 11.8. The lowest BCUT2D eigenvalue weighted by Gasteiger charge is -2.07. The number of ether oxygens (including phenoxy) is 1. The Labute approximate surface area is 173 Å². The molecule has 0 atom stereocenters. The Balaban J connectivity index is 1.46. The highest BCUT2D eigenvalue weighted by Gasteiger charge is 2.01. The molecule has 0 saturated carbocycles. The second kappa shape index (κ2) is 10.2. The van der Waals surface area contributed by atoms with Crippen molar-refractivity contribution in [2.24, 2.45) is 5.10 Å². The minimum Gasteiger partial charge on any atom is -0.489 e. The molecule has 0 bridgehead atoms. The molecule has 29 heavy (non-hydrogen) atoms. The molecule has 0 radical (unpaired) electrons. The molecule has 0 heterocycles. The van der Waals surface area contributed by atoms with Gasteiger partial charge in [0.05, 0.1) is 12.8 Å². The van der Waals surface area contributed by atoms with E-state index in [2.05, 4.69) is 15.8 Å². The Morgan fingerprint density at radius 3 is 2.59 bits per heavy atom. The number of nitrogens with one attached hydrogen (secondary N) is 2. The molecule has 3 aromatic rings. The van der Waals surface area contributed by atoms with Crippen LogP contribution >= 0.6 is 11.6 Å². The number of nitrogens with zero attached hydrogens (tertiary/aromatic N) is 1. The van der Waals surface area contributed by atoms with Crippen molar-refractivity contribution in [2.75, 3.05) is 11.9 Å². The first kappa shape index (κ1) is 20.4. The van der Waals surface area contributed by atoms with E-state index in [1.807, 2.05) is 48.5 Å². The molecule has 3 aromatic carbocycles. The molecule has 0 saturated heterocycles. The van der Waals surface area contributed by atoms with Crippen molar-refractivity contribution in [3.05, 3.63) is 94.8 Å². The number of halogens is 2. The van der Waals surface area contributed by atoms with Crippen molar-refractivity contribution >= 4 is 29.4 Å². The summed E-state index contributed by atoms with van der Waals surface area (Å²) in [5.74, 6) is 0.0397. The Morgan fingerprint density at radius 1 is 1.07 bits per heavy atom. The fourth-order valence-corrected chi connectivity index (χ4v) is 2.53. The SMILES string of the molecule is O=C(CNc1ccc(F)cc1)N/N=C\c1cccc(OCc2ccc(Cl)cc2)c1. The van der Waals surface area contributed by atoms with E-state index in [0.717, 1.165) is 11.1 Å². The average molecular weight is 412 g/mol. The van der Waals surface area contributed by atoms with Crippen LogP contribution in [-0.2, 0) is 11.4 Å². The highest BCUT2D eigenvalue weighted by molar-refractivity contribution is 6.30. The summed E-state index contributed by atoms with van der Waals surface area (Å²) in [6.07, 6.45) is 1.53. The molecule has 148 valence electrons. The number of hydrazone groups is 1. The van der Waals surface area contributed by atoms with Gasteiger partial charge in [0.2, 0.25) is 0 Å². The third-order valence-electron chi connectivity index (χ3n) is 3.88. The second-order valence-electron chi connectivity index (χ2n) is 6.14. The molecule has 1 amide bonds. The van der Waals surface area contributed by atoms with E-state index >= 15 is 0 Å². The molecule has 2 N–H and O–H groups in total. The van der Waals surface area contributed by atoms with E-state index in [1.54, 1.807) is 12.1 Å². The van der Waals surface area contributed by atoms with Gasteiger partial charge in [0.1, 0.15) is 18.2 Å². The van der Waals surface area contributed by atoms with Crippen LogP contribution in [0.25, 0.3) is 0 Å². The van der Waals surface area contributed by atoms with Gasteiger partial charge in [0.25, 0.3) is 5.91 Å². The van der Waals surface area contributed by atoms with E-state index < -0.39 is 0 Å². The van der Waals surface area contributed by atoms with Gasteiger partial charge in [-0.05, 0) is 59.7 Å². The predicted molar refractivity (Wildman–Crippen MR) is 113 cm³/mol. The molecular formula is C22H19ClFN3O2. The predicted octanol–water partition coefficient (Wildman–Crippen LogP) is 4.62. The minimum atomic E-state index is -0.330. The lowest BCUT2D eigenvalue weighted by Crippen LogP contribution is -2.25. The Bertz CT molecular complexity index is 976. The third-order valence-corrected chi connectivity index (χ3v) is 4.13. The fraction of sp³-hybridized carbons (Fsp3) is 0.0909. The van der Waals surface area contributed by atoms with E-state index in [-0.39, 0.29) is 18.3 Å². The zero-order valence-electron chi connectivity index (χ0n) is 15.4. The summed E-state index contributed by atoms with van der Waals surface area (Å²) < 4.78 is 18.6. The van der Waals surface area contributed by atoms with Crippen molar-refractivity contribution < 1.29 is 13.9 Å². The van der Waals surface area contributed by atoms with Crippen molar-refractivity contribution in [2.45, 2.75) is 6.61 Å². The summed E-state index contributed by atoms with van der Waals surface area (Å²) in [5.41, 5.74) is 4.88. The number of rotatable bonds is 8. The number of hydrogen-bond donors (Lipinski definition) is 2. The molecule has 7 heteroatoms. The number of carbonyl (C=O) groups is 1. The highest BCUT2D eigenvalue weighted by Crippen LogP contribution is 2.15. The van der Waals surface area contributed by atoms with Crippen LogP contribution < -0.4 is 15.5 Å². The maximum absolute atomic E-state index is 12.9. The molecular weight excluding hydrogens is 393 g/mol. The molecule has 0 fully saturated rings. The lowest BCUT2D eigenvalue weighted by atomic mass is 10.2. The third kappa shape index (κ3) is 6.93. The first-order chi connectivity index (χ1) is 14.1. The van der Waals surface area contributed by atoms with Crippen LogP contribution in [0.4, 0.5) is 10.1 Å². The molecule has 3 rings (SSSR count). The van der Waals surface area contributed by atoms with Gasteiger partial charge in [-0.1, -0.05) is 35.9 Å². The molecule has 0 aliphatic rings. The van der Waals surface area contributed by atoms with Gasteiger partial charge in [-0.3, -0.25) is 4.79 Å². The quantitative estimate of drug-likeness (QED) is 0.420. The Morgan fingerprint density at radius 2 is 1.83 bits per heavy atom. The summed E-state index contributed by atoms with van der Waals surface area (Å²) in [7, 11) is 0. The standard InChI is InChI=1S/C22H19ClFN3O2/c23-18-6-4-16(5-7-18)15-29-21-3-1-2-17(12-21)13-26-27-22(28)14-25-20-10-8-19(24)9-11-20/h1-13,25H,14-15H2,(H,27,28)/b26-13-. The van der Waals surface area contributed by atoms with Crippen LogP contribution in [0.2, 0.25) is 5.02 Å². The highest BCUT2D eigenvalue weighted by atomic mass is 35.5. The molecule has 0 aliphatic heterocycles. The van der Waals surface area contributed by atoms with Gasteiger partial charge in [-0.2, -0.15) is 5.10 Å². The monoisotopic (exact) mass is 411 g/mol. The number of benzene rings is 3. The van der Waals surface area contributed by atoms with Crippen molar-refractivity contribution in [3.63, 3.8) is 0 Å². The molecule has 0 spiro atoms. The van der Waals surface area contributed by atoms with Crippen LogP contribution in [0.3, 0.4) is 0 Å². The van der Waals surface area contributed by atoms with Crippen LogP contribution in [0.15, 0.2) is 77.9 Å². The zero-order valence-corrected chi connectivity index (χ0v) is 16.2. The zero-order chi connectivity index (χ0) is 20.5. The number of carbonyl (C=O) groups excluding carboxylic acids is 1. The van der Waals surface area contributed by atoms with Gasteiger partial charge in [0, 0.05) is 10.7 Å². The van der Waals surface area contributed by atoms with Crippen molar-refractivity contribution in [3.8, 4) is 5.75 Å². The number of amides is 1. The normalized spacial score (nSPS) is 10.7. The van der Waals surface area contributed by atoms with Crippen LogP contribution in [-0.4, -0.2) is 18.7 Å². The maximum atomic E-state index is 12.9. The summed E-state index contributed by atoms with van der Waals surface area (Å²) in [6, 6.07) is 20.6. The Kier molecular flexibility index (Phi) is 7.19.